The Bertz CT molecular complexity index is 1100. The number of rotatable bonds is 7. The van der Waals surface area contributed by atoms with E-state index in [0.29, 0.717) is 43.3 Å². The van der Waals surface area contributed by atoms with Gasteiger partial charge in [-0.05, 0) is 23.3 Å². The van der Waals surface area contributed by atoms with E-state index in [0.717, 1.165) is 16.0 Å². The lowest BCUT2D eigenvalue weighted by Crippen LogP contribution is -2.44. The van der Waals surface area contributed by atoms with E-state index >= 15 is 0 Å². The SMILES string of the molecule is O=C(NC(C(=O)N1CCOCC1)=C(SCc1ccccc1)c1ccccc1)c1ccccc1. The molecule has 1 fully saturated rings. The van der Waals surface area contributed by atoms with Crippen molar-refractivity contribution in [1.82, 2.24) is 10.2 Å². The van der Waals surface area contributed by atoms with E-state index in [1.54, 1.807) is 28.8 Å². The van der Waals surface area contributed by atoms with Gasteiger partial charge in [-0.15, -0.1) is 11.8 Å². The summed E-state index contributed by atoms with van der Waals surface area (Å²) >= 11 is 1.55. The van der Waals surface area contributed by atoms with E-state index in [-0.39, 0.29) is 11.8 Å². The van der Waals surface area contributed by atoms with E-state index in [9.17, 15) is 9.59 Å². The molecule has 1 aliphatic rings. The molecule has 0 spiro atoms. The fourth-order valence-electron chi connectivity index (χ4n) is 3.53. The van der Waals surface area contributed by atoms with Gasteiger partial charge in [-0.1, -0.05) is 78.9 Å². The highest BCUT2D eigenvalue weighted by Crippen LogP contribution is 2.33. The van der Waals surface area contributed by atoms with Crippen LogP contribution in [0, 0.1) is 0 Å². The molecule has 5 nitrogen and oxygen atoms in total. The number of nitrogens with one attached hydrogen (secondary N) is 1. The smallest absolute Gasteiger partial charge is 0.271 e. The first-order valence-electron chi connectivity index (χ1n) is 10.9. The van der Waals surface area contributed by atoms with Gasteiger partial charge in [-0.3, -0.25) is 9.59 Å². The third-order valence-electron chi connectivity index (χ3n) is 5.28. The lowest BCUT2D eigenvalue weighted by molar-refractivity contribution is -0.131. The summed E-state index contributed by atoms with van der Waals surface area (Å²) in [5.41, 5.74) is 2.84. The third kappa shape index (κ3) is 6.12. The number of morpholine rings is 1. The van der Waals surface area contributed by atoms with Crippen LogP contribution in [0.5, 0.6) is 0 Å². The van der Waals surface area contributed by atoms with Crippen LogP contribution < -0.4 is 5.32 Å². The van der Waals surface area contributed by atoms with Crippen LogP contribution in [0.1, 0.15) is 21.5 Å². The highest BCUT2D eigenvalue weighted by molar-refractivity contribution is 8.07. The molecule has 3 aromatic carbocycles. The van der Waals surface area contributed by atoms with Gasteiger partial charge in [0.2, 0.25) is 0 Å². The average Bonchev–Trinajstić information content (AvgIpc) is 2.90. The molecule has 2 amide bonds. The third-order valence-corrected chi connectivity index (χ3v) is 6.48. The highest BCUT2D eigenvalue weighted by Gasteiger charge is 2.26. The maximum Gasteiger partial charge on any atom is 0.271 e. The summed E-state index contributed by atoms with van der Waals surface area (Å²) in [6.07, 6.45) is 0. The minimum atomic E-state index is -0.305. The number of hydrogen-bond acceptors (Lipinski definition) is 4. The van der Waals surface area contributed by atoms with Gasteiger partial charge in [0.05, 0.1) is 13.2 Å². The van der Waals surface area contributed by atoms with Crippen molar-refractivity contribution in [3.63, 3.8) is 0 Å². The second-order valence-corrected chi connectivity index (χ2v) is 8.55. The molecule has 0 bridgehead atoms. The zero-order valence-electron chi connectivity index (χ0n) is 18.3. The molecule has 168 valence electrons. The number of carbonyl (C=O) groups excluding carboxylic acids is 2. The first kappa shape index (κ1) is 22.8. The summed E-state index contributed by atoms with van der Waals surface area (Å²) in [6, 6.07) is 28.8. The van der Waals surface area contributed by atoms with Gasteiger partial charge < -0.3 is 15.0 Å². The molecule has 1 aliphatic heterocycles. The Labute approximate surface area is 198 Å². The number of benzene rings is 3. The van der Waals surface area contributed by atoms with Crippen molar-refractivity contribution in [2.45, 2.75) is 5.75 Å². The van der Waals surface area contributed by atoms with Crippen molar-refractivity contribution in [3.8, 4) is 0 Å². The second kappa shape index (κ2) is 11.5. The van der Waals surface area contributed by atoms with Gasteiger partial charge >= 0.3 is 0 Å². The van der Waals surface area contributed by atoms with Crippen molar-refractivity contribution >= 4 is 28.5 Å². The van der Waals surface area contributed by atoms with Crippen molar-refractivity contribution in [1.29, 1.82) is 0 Å². The standard InChI is InChI=1S/C27H26N2O3S/c30-26(23-14-8-3-9-15-23)28-24(27(31)29-16-18-32-19-17-29)25(22-12-6-2-7-13-22)33-20-21-10-4-1-5-11-21/h1-15H,16-20H2,(H,28,30). The van der Waals surface area contributed by atoms with Crippen LogP contribution in [-0.4, -0.2) is 43.0 Å². The Morgan fingerprint density at radius 3 is 1.94 bits per heavy atom. The van der Waals surface area contributed by atoms with Crippen LogP contribution in [0.3, 0.4) is 0 Å². The van der Waals surface area contributed by atoms with E-state index in [2.05, 4.69) is 17.4 Å². The van der Waals surface area contributed by atoms with Crippen molar-refractivity contribution in [3.05, 3.63) is 113 Å². The highest BCUT2D eigenvalue weighted by atomic mass is 32.2. The summed E-state index contributed by atoms with van der Waals surface area (Å²) in [7, 11) is 0. The molecule has 0 radical (unpaired) electrons. The van der Waals surface area contributed by atoms with Crippen LogP contribution in [0.4, 0.5) is 0 Å². The van der Waals surface area contributed by atoms with Crippen LogP contribution >= 0.6 is 11.8 Å². The summed E-state index contributed by atoms with van der Waals surface area (Å²) in [5, 5.41) is 2.95. The number of nitrogens with zero attached hydrogens (tertiary/aromatic N) is 1. The molecule has 6 heteroatoms. The molecule has 1 heterocycles. The molecular formula is C27H26N2O3S. The first-order chi connectivity index (χ1) is 16.2. The van der Waals surface area contributed by atoms with E-state index in [4.69, 9.17) is 4.74 Å². The Morgan fingerprint density at radius 1 is 0.788 bits per heavy atom. The molecule has 1 saturated heterocycles. The lowest BCUT2D eigenvalue weighted by Gasteiger charge is -2.29. The Kier molecular flexibility index (Phi) is 7.95. The molecule has 4 rings (SSSR count). The molecule has 0 aliphatic carbocycles. The predicted octanol–water partition coefficient (Wildman–Crippen LogP) is 4.58. The number of ether oxygens (including phenoxy) is 1. The van der Waals surface area contributed by atoms with Crippen LogP contribution in [0.2, 0.25) is 0 Å². The summed E-state index contributed by atoms with van der Waals surface area (Å²) in [5.74, 6) is 0.176. The summed E-state index contributed by atoms with van der Waals surface area (Å²) in [4.78, 5) is 29.3. The van der Waals surface area contributed by atoms with Gasteiger partial charge in [0.15, 0.2) is 0 Å². The Hall–Kier alpha value is -3.35. The topological polar surface area (TPSA) is 58.6 Å². The molecule has 1 N–H and O–H groups in total. The number of amides is 2. The minimum Gasteiger partial charge on any atom is -0.378 e. The fraction of sp³-hybridized carbons (Fsp3) is 0.185. The van der Waals surface area contributed by atoms with Crippen LogP contribution in [0.25, 0.3) is 4.91 Å². The minimum absolute atomic E-state index is 0.193. The molecule has 3 aromatic rings. The van der Waals surface area contributed by atoms with Gasteiger partial charge in [0.1, 0.15) is 5.70 Å². The van der Waals surface area contributed by atoms with Crippen molar-refractivity contribution < 1.29 is 14.3 Å². The summed E-state index contributed by atoms with van der Waals surface area (Å²) < 4.78 is 5.43. The van der Waals surface area contributed by atoms with Gasteiger partial charge in [0, 0.05) is 29.3 Å². The zero-order chi connectivity index (χ0) is 22.9. The van der Waals surface area contributed by atoms with Gasteiger partial charge in [0.25, 0.3) is 11.8 Å². The maximum absolute atomic E-state index is 13.7. The molecule has 0 aromatic heterocycles. The molecule has 0 unspecified atom stereocenters. The zero-order valence-corrected chi connectivity index (χ0v) is 19.1. The van der Waals surface area contributed by atoms with E-state index in [1.165, 1.54) is 0 Å². The monoisotopic (exact) mass is 458 g/mol. The normalized spacial score (nSPS) is 14.4. The Morgan fingerprint density at radius 2 is 1.33 bits per heavy atom. The predicted molar refractivity (Wildman–Crippen MR) is 132 cm³/mol. The van der Waals surface area contributed by atoms with Gasteiger partial charge in [-0.2, -0.15) is 0 Å². The van der Waals surface area contributed by atoms with E-state index < -0.39 is 0 Å². The largest absolute Gasteiger partial charge is 0.378 e. The molecule has 0 atom stereocenters. The maximum atomic E-state index is 13.7. The number of thioether (sulfide) groups is 1. The van der Waals surface area contributed by atoms with Crippen molar-refractivity contribution in [2.24, 2.45) is 0 Å². The molecule has 0 saturated carbocycles. The van der Waals surface area contributed by atoms with Crippen LogP contribution in [-0.2, 0) is 15.3 Å². The second-order valence-electron chi connectivity index (χ2n) is 7.57. The van der Waals surface area contributed by atoms with Crippen LogP contribution in [0.15, 0.2) is 96.7 Å². The molecular weight excluding hydrogens is 432 g/mol. The average molecular weight is 459 g/mol. The van der Waals surface area contributed by atoms with Crippen molar-refractivity contribution in [2.75, 3.05) is 26.3 Å². The quantitative estimate of drug-likeness (QED) is 0.527. The number of hydrogen-bond donors (Lipinski definition) is 1. The molecule has 33 heavy (non-hydrogen) atoms. The van der Waals surface area contributed by atoms with E-state index in [1.807, 2.05) is 66.7 Å². The Balaban J connectivity index is 1.74. The number of carbonyl (C=O) groups is 2. The fourth-order valence-corrected chi connectivity index (χ4v) is 4.62. The summed E-state index contributed by atoms with van der Waals surface area (Å²) in [6.45, 7) is 1.97. The lowest BCUT2D eigenvalue weighted by atomic mass is 10.1. The van der Waals surface area contributed by atoms with Gasteiger partial charge in [-0.25, -0.2) is 0 Å². The first-order valence-corrected chi connectivity index (χ1v) is 11.9.